The second kappa shape index (κ2) is 5.23. The van der Waals surface area contributed by atoms with E-state index in [1.165, 1.54) is 0 Å². The minimum Gasteiger partial charge on any atom is -0.496 e. The SMILES string of the molecule is COc1ccccc1C(C)(O)c1ccc2ccccc2c1. The third-order valence-electron chi connectivity index (χ3n) is 3.94. The van der Waals surface area contributed by atoms with Crippen LogP contribution >= 0.6 is 0 Å². The van der Waals surface area contributed by atoms with Gasteiger partial charge in [0, 0.05) is 5.56 Å². The largest absolute Gasteiger partial charge is 0.496 e. The molecular weight excluding hydrogens is 260 g/mol. The molecule has 106 valence electrons. The van der Waals surface area contributed by atoms with E-state index in [2.05, 4.69) is 12.1 Å². The van der Waals surface area contributed by atoms with E-state index < -0.39 is 5.60 Å². The summed E-state index contributed by atoms with van der Waals surface area (Å²) in [5.41, 5.74) is 0.518. The minimum absolute atomic E-state index is 0.690. The van der Waals surface area contributed by atoms with Crippen LogP contribution in [0, 0.1) is 0 Å². The first kappa shape index (κ1) is 13.7. The highest BCUT2D eigenvalue weighted by Gasteiger charge is 2.28. The molecule has 0 aliphatic carbocycles. The Hall–Kier alpha value is -2.32. The van der Waals surface area contributed by atoms with Crippen molar-refractivity contribution in [2.24, 2.45) is 0 Å². The lowest BCUT2D eigenvalue weighted by Gasteiger charge is -2.26. The van der Waals surface area contributed by atoms with Gasteiger partial charge >= 0.3 is 0 Å². The van der Waals surface area contributed by atoms with Gasteiger partial charge in [0.05, 0.1) is 7.11 Å². The Kier molecular flexibility index (Phi) is 3.40. The molecule has 0 spiro atoms. The van der Waals surface area contributed by atoms with Gasteiger partial charge in [0.25, 0.3) is 0 Å². The molecule has 2 nitrogen and oxygen atoms in total. The third kappa shape index (κ3) is 2.39. The molecule has 1 N–H and O–H groups in total. The van der Waals surface area contributed by atoms with Crippen molar-refractivity contribution in [1.29, 1.82) is 0 Å². The molecule has 0 aromatic heterocycles. The van der Waals surface area contributed by atoms with Crippen molar-refractivity contribution in [2.75, 3.05) is 7.11 Å². The normalized spacial score (nSPS) is 13.9. The summed E-state index contributed by atoms with van der Waals surface area (Å²) in [5, 5.41) is 13.3. The van der Waals surface area contributed by atoms with E-state index in [1.54, 1.807) is 14.0 Å². The van der Waals surface area contributed by atoms with Crippen molar-refractivity contribution in [3.8, 4) is 5.75 Å². The molecule has 3 aromatic carbocycles. The van der Waals surface area contributed by atoms with Crippen molar-refractivity contribution in [3.63, 3.8) is 0 Å². The monoisotopic (exact) mass is 278 g/mol. The molecule has 2 heteroatoms. The molecule has 0 fully saturated rings. The van der Waals surface area contributed by atoms with Crippen LogP contribution < -0.4 is 4.74 Å². The Morgan fingerprint density at radius 3 is 2.29 bits per heavy atom. The predicted molar refractivity (Wildman–Crippen MR) is 85.6 cm³/mol. The molecule has 3 rings (SSSR count). The zero-order valence-electron chi connectivity index (χ0n) is 12.2. The van der Waals surface area contributed by atoms with Crippen LogP contribution in [0.1, 0.15) is 18.1 Å². The zero-order valence-corrected chi connectivity index (χ0v) is 12.2. The maximum absolute atomic E-state index is 11.0. The number of aliphatic hydroxyl groups is 1. The maximum Gasteiger partial charge on any atom is 0.125 e. The molecule has 0 radical (unpaired) electrons. The summed E-state index contributed by atoms with van der Waals surface area (Å²) in [6.45, 7) is 1.80. The van der Waals surface area contributed by atoms with Crippen LogP contribution in [0.15, 0.2) is 66.7 Å². The molecule has 1 atom stereocenters. The van der Waals surface area contributed by atoms with Crippen LogP contribution in [-0.4, -0.2) is 12.2 Å². The fourth-order valence-electron chi connectivity index (χ4n) is 2.69. The summed E-state index contributed by atoms with van der Waals surface area (Å²) < 4.78 is 5.38. The van der Waals surface area contributed by atoms with Gasteiger partial charge in [0.15, 0.2) is 0 Å². The van der Waals surface area contributed by atoms with Gasteiger partial charge in [-0.1, -0.05) is 54.6 Å². The number of fused-ring (bicyclic) bond motifs is 1. The van der Waals surface area contributed by atoms with Crippen LogP contribution in [0.4, 0.5) is 0 Å². The van der Waals surface area contributed by atoms with Gasteiger partial charge in [-0.25, -0.2) is 0 Å². The standard InChI is InChI=1S/C19H18O2/c1-19(20,17-9-5-6-10-18(17)21-2)16-12-11-14-7-3-4-8-15(14)13-16/h3-13,20H,1-2H3. The maximum atomic E-state index is 11.0. The highest BCUT2D eigenvalue weighted by atomic mass is 16.5. The number of ether oxygens (including phenoxy) is 1. The van der Waals surface area contributed by atoms with Crippen molar-refractivity contribution in [2.45, 2.75) is 12.5 Å². The summed E-state index contributed by atoms with van der Waals surface area (Å²) in [5.74, 6) is 0.690. The van der Waals surface area contributed by atoms with Crippen LogP contribution in [0.25, 0.3) is 10.8 Å². The molecule has 0 amide bonds. The predicted octanol–water partition coefficient (Wildman–Crippen LogP) is 4.10. The molecule has 1 unspecified atom stereocenters. The Morgan fingerprint density at radius 2 is 1.52 bits per heavy atom. The van der Waals surface area contributed by atoms with Crippen molar-refractivity contribution < 1.29 is 9.84 Å². The highest BCUT2D eigenvalue weighted by Crippen LogP contribution is 2.36. The molecule has 3 aromatic rings. The van der Waals surface area contributed by atoms with Gasteiger partial charge in [0.1, 0.15) is 11.4 Å². The number of methoxy groups -OCH3 is 1. The summed E-state index contributed by atoms with van der Waals surface area (Å²) in [7, 11) is 1.62. The zero-order chi connectivity index (χ0) is 14.9. The van der Waals surface area contributed by atoms with Gasteiger partial charge < -0.3 is 9.84 Å². The van der Waals surface area contributed by atoms with E-state index in [0.29, 0.717) is 5.75 Å². The van der Waals surface area contributed by atoms with Crippen molar-refractivity contribution in [3.05, 3.63) is 77.9 Å². The topological polar surface area (TPSA) is 29.5 Å². The molecule has 0 aliphatic rings. The fourth-order valence-corrected chi connectivity index (χ4v) is 2.69. The Morgan fingerprint density at radius 1 is 0.857 bits per heavy atom. The summed E-state index contributed by atoms with van der Waals surface area (Å²) in [4.78, 5) is 0. The summed E-state index contributed by atoms with van der Waals surface area (Å²) >= 11 is 0. The molecule has 0 saturated heterocycles. The number of rotatable bonds is 3. The number of para-hydroxylation sites is 1. The van der Waals surface area contributed by atoms with E-state index >= 15 is 0 Å². The highest BCUT2D eigenvalue weighted by molar-refractivity contribution is 5.83. The Labute approximate surface area is 124 Å². The van der Waals surface area contributed by atoms with Crippen molar-refractivity contribution >= 4 is 10.8 Å². The second-order valence-corrected chi connectivity index (χ2v) is 5.33. The van der Waals surface area contributed by atoms with Crippen LogP contribution in [0.3, 0.4) is 0 Å². The molecular formula is C19H18O2. The quantitative estimate of drug-likeness (QED) is 0.781. The van der Waals surface area contributed by atoms with Crippen LogP contribution in [0.2, 0.25) is 0 Å². The molecule has 0 aliphatic heterocycles. The first-order valence-electron chi connectivity index (χ1n) is 6.98. The van der Waals surface area contributed by atoms with E-state index in [4.69, 9.17) is 4.74 Å². The first-order chi connectivity index (χ1) is 10.1. The van der Waals surface area contributed by atoms with Gasteiger partial charge in [-0.2, -0.15) is 0 Å². The third-order valence-corrected chi connectivity index (χ3v) is 3.94. The average molecular weight is 278 g/mol. The second-order valence-electron chi connectivity index (χ2n) is 5.33. The van der Waals surface area contributed by atoms with Gasteiger partial charge in [-0.3, -0.25) is 0 Å². The molecule has 0 bridgehead atoms. The molecule has 21 heavy (non-hydrogen) atoms. The van der Waals surface area contributed by atoms with E-state index in [1.807, 2.05) is 54.6 Å². The number of hydrogen-bond acceptors (Lipinski definition) is 2. The van der Waals surface area contributed by atoms with Gasteiger partial charge in [-0.05, 0) is 35.4 Å². The van der Waals surface area contributed by atoms with Gasteiger partial charge in [-0.15, -0.1) is 0 Å². The van der Waals surface area contributed by atoms with Crippen LogP contribution in [-0.2, 0) is 5.60 Å². The smallest absolute Gasteiger partial charge is 0.125 e. The number of hydrogen-bond donors (Lipinski definition) is 1. The Balaban J connectivity index is 2.15. The molecule has 0 saturated carbocycles. The Bertz CT molecular complexity index is 775. The lowest BCUT2D eigenvalue weighted by molar-refractivity contribution is 0.0991. The number of benzene rings is 3. The first-order valence-corrected chi connectivity index (χ1v) is 6.98. The average Bonchev–Trinajstić information content (AvgIpc) is 2.54. The van der Waals surface area contributed by atoms with E-state index in [9.17, 15) is 5.11 Å². The minimum atomic E-state index is -1.10. The van der Waals surface area contributed by atoms with Gasteiger partial charge in [0.2, 0.25) is 0 Å². The van der Waals surface area contributed by atoms with E-state index in [-0.39, 0.29) is 0 Å². The summed E-state index contributed by atoms with van der Waals surface area (Å²) in [6, 6.07) is 21.7. The van der Waals surface area contributed by atoms with Crippen LogP contribution in [0.5, 0.6) is 5.75 Å². The lowest BCUT2D eigenvalue weighted by atomic mass is 9.86. The molecule has 0 heterocycles. The fraction of sp³-hybridized carbons (Fsp3) is 0.158. The van der Waals surface area contributed by atoms with Crippen molar-refractivity contribution in [1.82, 2.24) is 0 Å². The lowest BCUT2D eigenvalue weighted by Crippen LogP contribution is -2.23. The van der Waals surface area contributed by atoms with E-state index in [0.717, 1.165) is 21.9 Å². The summed E-state index contributed by atoms with van der Waals surface area (Å²) in [6.07, 6.45) is 0.